The molecule has 1 fully saturated rings. The minimum Gasteiger partial charge on any atom is -0.393 e. The van der Waals surface area contributed by atoms with Crippen molar-refractivity contribution in [3.8, 4) is 0 Å². The van der Waals surface area contributed by atoms with Crippen LogP contribution in [0.3, 0.4) is 0 Å². The van der Waals surface area contributed by atoms with E-state index in [1.165, 1.54) is 0 Å². The summed E-state index contributed by atoms with van der Waals surface area (Å²) in [5, 5.41) is 12.0. The predicted octanol–water partition coefficient (Wildman–Crippen LogP) is 3.10. The molecule has 2 unspecified atom stereocenters. The fraction of sp³-hybridized carbons (Fsp3) is 0.333. The number of aliphatic hydroxyl groups is 1. The van der Waals surface area contributed by atoms with Gasteiger partial charge >= 0.3 is 0 Å². The monoisotopic (exact) mass is 399 g/mol. The first kappa shape index (κ1) is 11.9. The molecular weight excluding hydrogens is 394 g/mol. The Balaban J connectivity index is 2.15. The van der Waals surface area contributed by atoms with Crippen LogP contribution in [0.4, 0.5) is 5.69 Å². The number of hydrogen-bond acceptors (Lipinski definition) is 3. The first-order valence-corrected chi connectivity index (χ1v) is 6.67. The molecule has 0 spiro atoms. The second-order valence-corrected chi connectivity index (χ2v) is 5.79. The maximum Gasteiger partial charge on any atom is 0.157 e. The Morgan fingerprint density at radius 3 is 2.33 bits per heavy atom. The normalized spacial score (nSPS) is 24.0. The third-order valence-corrected chi connectivity index (χ3v) is 3.76. The summed E-state index contributed by atoms with van der Waals surface area (Å²) >= 11 is 10.3. The molecule has 1 aromatic rings. The minimum absolute atomic E-state index is 0.0451. The Morgan fingerprint density at radius 1 is 1.27 bits per heavy atom. The molecule has 82 valence electrons. The van der Waals surface area contributed by atoms with E-state index in [2.05, 4.69) is 53.1 Å². The van der Waals surface area contributed by atoms with Gasteiger partial charge in [-0.25, -0.2) is 0 Å². The van der Waals surface area contributed by atoms with Gasteiger partial charge in [0, 0.05) is 13.4 Å². The summed E-state index contributed by atoms with van der Waals surface area (Å²) in [7, 11) is 0. The molecule has 1 heterocycles. The molecule has 0 aliphatic carbocycles. The Morgan fingerprint density at radius 2 is 1.87 bits per heavy atom. The molecule has 2 N–H and O–H groups in total. The van der Waals surface area contributed by atoms with Crippen molar-refractivity contribution in [2.24, 2.45) is 0 Å². The second kappa shape index (κ2) is 4.71. The van der Waals surface area contributed by atoms with Crippen LogP contribution in [0.15, 0.2) is 25.6 Å². The summed E-state index contributed by atoms with van der Waals surface area (Å²) in [6.45, 7) is 0.0451. The summed E-state index contributed by atoms with van der Waals surface area (Å²) in [5.41, 5.74) is 0.930. The van der Waals surface area contributed by atoms with Crippen molar-refractivity contribution < 1.29 is 9.84 Å². The van der Waals surface area contributed by atoms with Crippen molar-refractivity contribution >= 4 is 53.5 Å². The van der Waals surface area contributed by atoms with Crippen LogP contribution < -0.4 is 5.32 Å². The van der Waals surface area contributed by atoms with E-state index in [-0.39, 0.29) is 18.9 Å². The number of aliphatic hydroxyl groups excluding tert-OH is 1. The molecule has 0 aromatic heterocycles. The molecule has 2 atom stereocenters. The number of benzene rings is 1. The van der Waals surface area contributed by atoms with Crippen LogP contribution >= 0.6 is 47.8 Å². The SMILES string of the molecule is OCC1OC1Nc1c(Br)cc(Br)cc1Br. The Kier molecular flexibility index (Phi) is 3.72. The topological polar surface area (TPSA) is 44.8 Å². The second-order valence-electron chi connectivity index (χ2n) is 3.17. The summed E-state index contributed by atoms with van der Waals surface area (Å²) in [5.74, 6) is 0. The molecule has 1 saturated heterocycles. The van der Waals surface area contributed by atoms with Gasteiger partial charge in [-0.3, -0.25) is 0 Å². The molecule has 0 amide bonds. The molecule has 0 saturated carbocycles. The third-order valence-electron chi connectivity index (χ3n) is 2.06. The minimum atomic E-state index is -0.0937. The van der Waals surface area contributed by atoms with Crippen LogP contribution in [0.5, 0.6) is 0 Å². The average molecular weight is 402 g/mol. The van der Waals surface area contributed by atoms with Gasteiger partial charge in [0.2, 0.25) is 0 Å². The molecule has 1 aromatic carbocycles. The number of anilines is 1. The van der Waals surface area contributed by atoms with E-state index in [1.54, 1.807) is 0 Å². The largest absolute Gasteiger partial charge is 0.393 e. The van der Waals surface area contributed by atoms with Gasteiger partial charge in [-0.2, -0.15) is 0 Å². The highest BCUT2D eigenvalue weighted by Crippen LogP contribution is 2.37. The zero-order valence-corrected chi connectivity index (χ0v) is 12.3. The van der Waals surface area contributed by atoms with Crippen molar-refractivity contribution in [1.82, 2.24) is 0 Å². The van der Waals surface area contributed by atoms with E-state index in [9.17, 15) is 0 Å². The van der Waals surface area contributed by atoms with Crippen LogP contribution in [0, 0.1) is 0 Å². The van der Waals surface area contributed by atoms with Crippen LogP contribution in [0.2, 0.25) is 0 Å². The number of epoxide rings is 1. The molecule has 6 heteroatoms. The Bertz CT molecular complexity index is 363. The summed E-state index contributed by atoms with van der Waals surface area (Å²) < 4.78 is 8.07. The van der Waals surface area contributed by atoms with Gasteiger partial charge in [-0.1, -0.05) is 15.9 Å². The van der Waals surface area contributed by atoms with Crippen LogP contribution in [0.25, 0.3) is 0 Å². The van der Waals surface area contributed by atoms with E-state index in [0.717, 1.165) is 19.1 Å². The number of rotatable bonds is 3. The standard InChI is InChI=1S/C9H8Br3NO2/c10-4-1-5(11)8(6(12)2-4)13-9-7(3-14)15-9/h1-2,7,9,13-14H,3H2. The molecule has 1 aliphatic rings. The lowest BCUT2D eigenvalue weighted by molar-refractivity contribution is 0.242. The fourth-order valence-electron chi connectivity index (χ4n) is 1.23. The maximum absolute atomic E-state index is 8.84. The molecular formula is C9H8Br3NO2. The van der Waals surface area contributed by atoms with Crippen molar-refractivity contribution in [2.75, 3.05) is 11.9 Å². The highest BCUT2D eigenvalue weighted by atomic mass is 79.9. The average Bonchev–Trinajstić information content (AvgIpc) is 2.89. The highest BCUT2D eigenvalue weighted by molar-refractivity contribution is 9.11. The van der Waals surface area contributed by atoms with Gasteiger partial charge in [0.25, 0.3) is 0 Å². The van der Waals surface area contributed by atoms with Gasteiger partial charge in [0.05, 0.1) is 12.3 Å². The van der Waals surface area contributed by atoms with Crippen LogP contribution in [0.1, 0.15) is 0 Å². The smallest absolute Gasteiger partial charge is 0.157 e. The molecule has 2 rings (SSSR count). The molecule has 3 nitrogen and oxygen atoms in total. The number of hydrogen-bond donors (Lipinski definition) is 2. The summed E-state index contributed by atoms with van der Waals surface area (Å²) in [6.07, 6.45) is -0.184. The van der Waals surface area contributed by atoms with E-state index in [0.29, 0.717) is 0 Å². The number of ether oxygens (including phenoxy) is 1. The van der Waals surface area contributed by atoms with Gasteiger partial charge in [-0.15, -0.1) is 0 Å². The maximum atomic E-state index is 8.84. The lowest BCUT2D eigenvalue weighted by atomic mass is 10.3. The van der Waals surface area contributed by atoms with E-state index < -0.39 is 0 Å². The zero-order chi connectivity index (χ0) is 11.0. The Hall–Kier alpha value is 0.380. The molecule has 0 radical (unpaired) electrons. The van der Waals surface area contributed by atoms with Crippen molar-refractivity contribution in [3.63, 3.8) is 0 Å². The lowest BCUT2D eigenvalue weighted by Gasteiger charge is -2.09. The molecule has 0 bridgehead atoms. The Labute approximate surface area is 113 Å². The summed E-state index contributed by atoms with van der Waals surface area (Å²) in [6, 6.07) is 3.90. The van der Waals surface area contributed by atoms with E-state index >= 15 is 0 Å². The molecule has 15 heavy (non-hydrogen) atoms. The first-order chi connectivity index (χ1) is 7.11. The lowest BCUT2D eigenvalue weighted by Crippen LogP contribution is -2.10. The van der Waals surface area contributed by atoms with Gasteiger partial charge in [-0.05, 0) is 44.0 Å². The van der Waals surface area contributed by atoms with Gasteiger partial charge in [0.15, 0.2) is 6.23 Å². The zero-order valence-electron chi connectivity index (χ0n) is 7.51. The van der Waals surface area contributed by atoms with Crippen molar-refractivity contribution in [2.45, 2.75) is 12.3 Å². The van der Waals surface area contributed by atoms with Crippen molar-refractivity contribution in [1.29, 1.82) is 0 Å². The van der Waals surface area contributed by atoms with E-state index in [1.807, 2.05) is 12.1 Å². The van der Waals surface area contributed by atoms with Gasteiger partial charge < -0.3 is 15.2 Å². The van der Waals surface area contributed by atoms with Crippen LogP contribution in [-0.4, -0.2) is 24.0 Å². The van der Waals surface area contributed by atoms with E-state index in [4.69, 9.17) is 9.84 Å². The van der Waals surface area contributed by atoms with Crippen molar-refractivity contribution in [3.05, 3.63) is 25.6 Å². The molecule has 1 aliphatic heterocycles. The fourth-order valence-corrected chi connectivity index (χ4v) is 3.72. The summed E-state index contributed by atoms with van der Waals surface area (Å²) in [4.78, 5) is 0. The first-order valence-electron chi connectivity index (χ1n) is 4.29. The number of halogens is 3. The highest BCUT2D eigenvalue weighted by Gasteiger charge is 2.38. The number of nitrogens with one attached hydrogen (secondary N) is 1. The quantitative estimate of drug-likeness (QED) is 0.765. The van der Waals surface area contributed by atoms with Gasteiger partial charge in [0.1, 0.15) is 6.10 Å². The predicted molar refractivity (Wildman–Crippen MR) is 68.9 cm³/mol. The third kappa shape index (κ3) is 2.74. The van der Waals surface area contributed by atoms with Crippen LogP contribution in [-0.2, 0) is 4.74 Å².